The van der Waals surface area contributed by atoms with Gasteiger partial charge >= 0.3 is 0 Å². The van der Waals surface area contributed by atoms with E-state index in [2.05, 4.69) is 10.3 Å². The summed E-state index contributed by atoms with van der Waals surface area (Å²) >= 11 is 0. The molecule has 132 valence electrons. The molecular formula is C19H23N3O3. The van der Waals surface area contributed by atoms with Gasteiger partial charge < -0.3 is 15.0 Å². The van der Waals surface area contributed by atoms with Crippen molar-refractivity contribution in [1.82, 2.24) is 10.3 Å². The highest BCUT2D eigenvalue weighted by Gasteiger charge is 2.18. The molecule has 6 heteroatoms. The molecule has 0 fully saturated rings. The molecule has 0 unspecified atom stereocenters. The number of hydrogen-bond acceptors (Lipinski definition) is 4. The van der Waals surface area contributed by atoms with Crippen LogP contribution in [-0.4, -0.2) is 43.6 Å². The lowest BCUT2D eigenvalue weighted by Crippen LogP contribution is -2.31. The molecule has 0 saturated heterocycles. The van der Waals surface area contributed by atoms with Gasteiger partial charge in [-0.15, -0.1) is 0 Å². The summed E-state index contributed by atoms with van der Waals surface area (Å²) in [6.45, 7) is 5.23. The lowest BCUT2D eigenvalue weighted by Gasteiger charge is -2.21. The summed E-state index contributed by atoms with van der Waals surface area (Å²) in [7, 11) is 1.56. The summed E-state index contributed by atoms with van der Waals surface area (Å²) in [5.41, 5.74) is 2.55. The summed E-state index contributed by atoms with van der Waals surface area (Å²) in [4.78, 5) is 30.7. The highest BCUT2D eigenvalue weighted by atomic mass is 16.5. The van der Waals surface area contributed by atoms with Gasteiger partial charge in [0, 0.05) is 37.6 Å². The van der Waals surface area contributed by atoms with Crippen LogP contribution in [0.3, 0.4) is 0 Å². The van der Waals surface area contributed by atoms with E-state index in [1.165, 1.54) is 12.3 Å². The molecule has 1 heterocycles. The van der Waals surface area contributed by atoms with Crippen LogP contribution in [0.25, 0.3) is 0 Å². The number of carbonyl (C=O) groups is 2. The van der Waals surface area contributed by atoms with Crippen LogP contribution in [0.1, 0.15) is 33.3 Å². The maximum atomic E-state index is 12.9. The van der Waals surface area contributed by atoms with E-state index in [-0.39, 0.29) is 17.5 Å². The summed E-state index contributed by atoms with van der Waals surface area (Å²) < 4.78 is 4.90. The highest BCUT2D eigenvalue weighted by molar-refractivity contribution is 6.07. The van der Waals surface area contributed by atoms with E-state index in [0.717, 1.165) is 11.3 Å². The molecule has 0 bridgehead atoms. The molecular weight excluding hydrogens is 318 g/mol. The topological polar surface area (TPSA) is 71.5 Å². The van der Waals surface area contributed by atoms with Crippen molar-refractivity contribution in [2.24, 2.45) is 0 Å². The molecule has 0 saturated carbocycles. The molecule has 0 aliphatic heterocycles. The summed E-state index contributed by atoms with van der Waals surface area (Å²) in [5, 5.41) is 2.70. The van der Waals surface area contributed by atoms with E-state index in [1.54, 1.807) is 18.1 Å². The zero-order valence-electron chi connectivity index (χ0n) is 14.8. The minimum absolute atomic E-state index is 0.165. The smallest absolute Gasteiger partial charge is 0.269 e. The fraction of sp³-hybridized carbons (Fsp3) is 0.316. The zero-order valence-corrected chi connectivity index (χ0v) is 14.8. The molecule has 1 aromatic heterocycles. The lowest BCUT2D eigenvalue weighted by atomic mass is 10.1. The molecule has 2 amide bonds. The first-order chi connectivity index (χ1) is 12.1. The first-order valence-electron chi connectivity index (χ1n) is 8.18. The Morgan fingerprint density at radius 2 is 2.04 bits per heavy atom. The third kappa shape index (κ3) is 4.87. The molecule has 0 atom stereocenters. The van der Waals surface area contributed by atoms with E-state index < -0.39 is 0 Å². The van der Waals surface area contributed by atoms with E-state index in [0.29, 0.717) is 25.3 Å². The normalized spacial score (nSPS) is 10.4. The number of ether oxygens (including phenoxy) is 1. The van der Waals surface area contributed by atoms with Crippen LogP contribution >= 0.6 is 0 Å². The predicted octanol–water partition coefficient (Wildman–Crippen LogP) is 2.43. The number of rotatable bonds is 7. The van der Waals surface area contributed by atoms with Crippen molar-refractivity contribution in [2.45, 2.75) is 13.8 Å². The largest absolute Gasteiger partial charge is 0.383 e. The van der Waals surface area contributed by atoms with Crippen LogP contribution in [0, 0.1) is 6.92 Å². The van der Waals surface area contributed by atoms with Crippen molar-refractivity contribution in [3.05, 3.63) is 59.4 Å². The van der Waals surface area contributed by atoms with Gasteiger partial charge in [0.25, 0.3) is 11.8 Å². The van der Waals surface area contributed by atoms with Crippen LogP contribution in [0.15, 0.2) is 42.6 Å². The molecule has 2 aromatic rings. The number of methoxy groups -OCH3 is 1. The van der Waals surface area contributed by atoms with Crippen LogP contribution in [-0.2, 0) is 4.74 Å². The first-order valence-corrected chi connectivity index (χ1v) is 8.18. The van der Waals surface area contributed by atoms with E-state index in [9.17, 15) is 9.59 Å². The fourth-order valence-electron chi connectivity index (χ4n) is 2.44. The van der Waals surface area contributed by atoms with Crippen LogP contribution in [0.4, 0.5) is 5.69 Å². The molecule has 1 aromatic carbocycles. The molecule has 0 radical (unpaired) electrons. The van der Waals surface area contributed by atoms with Gasteiger partial charge in [-0.2, -0.15) is 0 Å². The number of carbonyl (C=O) groups excluding carboxylic acids is 2. The van der Waals surface area contributed by atoms with Crippen molar-refractivity contribution in [1.29, 1.82) is 0 Å². The maximum absolute atomic E-state index is 12.9. The van der Waals surface area contributed by atoms with Crippen LogP contribution < -0.4 is 10.2 Å². The van der Waals surface area contributed by atoms with Gasteiger partial charge in [-0.1, -0.05) is 12.1 Å². The predicted molar refractivity (Wildman–Crippen MR) is 97.0 cm³/mol. The SMILES string of the molecule is CCN(C(=O)c1ccnc(C(=O)NCCOC)c1)c1cccc(C)c1. The average Bonchev–Trinajstić information content (AvgIpc) is 2.62. The average molecular weight is 341 g/mol. The van der Waals surface area contributed by atoms with Gasteiger partial charge in [0.15, 0.2) is 0 Å². The minimum Gasteiger partial charge on any atom is -0.383 e. The summed E-state index contributed by atoms with van der Waals surface area (Å²) in [6.07, 6.45) is 1.47. The van der Waals surface area contributed by atoms with E-state index in [1.807, 2.05) is 38.1 Å². The Bertz CT molecular complexity index is 746. The second-order valence-electron chi connectivity index (χ2n) is 5.57. The number of benzene rings is 1. The Morgan fingerprint density at radius 3 is 2.72 bits per heavy atom. The monoisotopic (exact) mass is 341 g/mol. The van der Waals surface area contributed by atoms with E-state index >= 15 is 0 Å². The van der Waals surface area contributed by atoms with Gasteiger partial charge in [0.1, 0.15) is 5.69 Å². The molecule has 6 nitrogen and oxygen atoms in total. The number of nitrogens with zero attached hydrogens (tertiary/aromatic N) is 2. The maximum Gasteiger partial charge on any atom is 0.269 e. The van der Waals surface area contributed by atoms with Crippen LogP contribution in [0.5, 0.6) is 0 Å². The summed E-state index contributed by atoms with van der Waals surface area (Å²) in [6, 6.07) is 10.9. The van der Waals surface area contributed by atoms with Gasteiger partial charge in [-0.3, -0.25) is 14.6 Å². The number of aromatic nitrogens is 1. The third-order valence-electron chi connectivity index (χ3n) is 3.71. The number of aryl methyl sites for hydroxylation is 1. The Balaban J connectivity index is 2.20. The van der Waals surface area contributed by atoms with Gasteiger partial charge in [-0.25, -0.2) is 0 Å². The van der Waals surface area contributed by atoms with Crippen LogP contribution in [0.2, 0.25) is 0 Å². The van der Waals surface area contributed by atoms with Crippen molar-refractivity contribution >= 4 is 17.5 Å². The standard InChI is InChI=1S/C19H23N3O3/c1-4-22(16-7-5-6-14(2)12-16)19(24)15-8-9-20-17(13-15)18(23)21-10-11-25-3/h5-9,12-13H,4,10-11H2,1-3H3,(H,21,23). The molecule has 0 spiro atoms. The Kier molecular flexibility index (Phi) is 6.65. The van der Waals surface area contributed by atoms with Gasteiger partial charge in [-0.05, 0) is 43.7 Å². The van der Waals surface area contributed by atoms with Crippen molar-refractivity contribution in [3.8, 4) is 0 Å². The number of pyridine rings is 1. The molecule has 0 aliphatic carbocycles. The van der Waals surface area contributed by atoms with Gasteiger partial charge in [0.05, 0.1) is 6.61 Å². The fourth-order valence-corrected chi connectivity index (χ4v) is 2.44. The second kappa shape index (κ2) is 8.94. The quantitative estimate of drug-likeness (QED) is 0.785. The Labute approximate surface area is 147 Å². The minimum atomic E-state index is -0.328. The van der Waals surface area contributed by atoms with Crippen molar-refractivity contribution < 1.29 is 14.3 Å². The third-order valence-corrected chi connectivity index (χ3v) is 3.71. The lowest BCUT2D eigenvalue weighted by molar-refractivity contribution is 0.0932. The first kappa shape index (κ1) is 18.6. The zero-order chi connectivity index (χ0) is 18.2. The van der Waals surface area contributed by atoms with Crippen molar-refractivity contribution in [3.63, 3.8) is 0 Å². The molecule has 1 N–H and O–H groups in total. The number of amides is 2. The molecule has 2 rings (SSSR count). The second-order valence-corrected chi connectivity index (χ2v) is 5.57. The molecule has 0 aliphatic rings. The van der Waals surface area contributed by atoms with Gasteiger partial charge in [0.2, 0.25) is 0 Å². The Hall–Kier alpha value is -2.73. The summed E-state index contributed by atoms with van der Waals surface area (Å²) in [5.74, 6) is -0.494. The number of anilines is 1. The Morgan fingerprint density at radius 1 is 1.24 bits per heavy atom. The number of nitrogens with one attached hydrogen (secondary N) is 1. The van der Waals surface area contributed by atoms with E-state index in [4.69, 9.17) is 4.74 Å². The molecule has 25 heavy (non-hydrogen) atoms. The highest BCUT2D eigenvalue weighted by Crippen LogP contribution is 2.18. The number of hydrogen-bond donors (Lipinski definition) is 1. The van der Waals surface area contributed by atoms with Crippen molar-refractivity contribution in [2.75, 3.05) is 31.7 Å².